The Labute approximate surface area is 125 Å². The molecule has 0 amide bonds. The van der Waals surface area contributed by atoms with E-state index < -0.39 is 11.7 Å². The molecular weight excluding hydrogens is 277 g/mol. The summed E-state index contributed by atoms with van der Waals surface area (Å²) in [6, 6.07) is 5.94. The standard InChI is InChI=1S/C16H25F3N2/c1-12(2)21(4)11-5-10-20-13(3)14-6-8-15(9-7-14)16(17,18)19/h6-9,12-13,20H,5,10-11H2,1-4H3. The summed E-state index contributed by atoms with van der Waals surface area (Å²) in [6.45, 7) is 8.12. The van der Waals surface area contributed by atoms with E-state index in [0.29, 0.717) is 6.04 Å². The minimum atomic E-state index is -4.27. The van der Waals surface area contributed by atoms with Crippen LogP contribution in [0.1, 0.15) is 44.4 Å². The van der Waals surface area contributed by atoms with Crippen LogP contribution in [-0.2, 0) is 6.18 Å². The van der Waals surface area contributed by atoms with Gasteiger partial charge in [-0.05, 0) is 65.0 Å². The predicted octanol–water partition coefficient (Wildman–Crippen LogP) is 4.09. The number of halogens is 3. The van der Waals surface area contributed by atoms with Crippen molar-refractivity contribution < 1.29 is 13.2 Å². The molecule has 2 nitrogen and oxygen atoms in total. The van der Waals surface area contributed by atoms with Gasteiger partial charge < -0.3 is 10.2 Å². The second kappa shape index (κ2) is 7.80. The van der Waals surface area contributed by atoms with Gasteiger partial charge in [-0.2, -0.15) is 13.2 Å². The van der Waals surface area contributed by atoms with Crippen LogP contribution in [0.4, 0.5) is 13.2 Å². The lowest BCUT2D eigenvalue weighted by atomic mass is 10.1. The zero-order valence-corrected chi connectivity index (χ0v) is 13.2. The molecule has 5 heteroatoms. The molecule has 0 bridgehead atoms. The van der Waals surface area contributed by atoms with E-state index in [1.54, 1.807) is 12.1 Å². The minimum Gasteiger partial charge on any atom is -0.310 e. The number of benzene rings is 1. The van der Waals surface area contributed by atoms with Crippen LogP contribution in [0.2, 0.25) is 0 Å². The number of nitrogens with one attached hydrogen (secondary N) is 1. The first-order chi connectivity index (χ1) is 9.71. The molecular formula is C16H25F3N2. The van der Waals surface area contributed by atoms with Crippen LogP contribution >= 0.6 is 0 Å². The van der Waals surface area contributed by atoms with Crippen molar-refractivity contribution in [2.45, 2.75) is 45.5 Å². The maximum atomic E-state index is 12.5. The van der Waals surface area contributed by atoms with Crippen LogP contribution < -0.4 is 5.32 Å². The van der Waals surface area contributed by atoms with Crippen molar-refractivity contribution in [3.8, 4) is 0 Å². The lowest BCUT2D eigenvalue weighted by molar-refractivity contribution is -0.137. The topological polar surface area (TPSA) is 15.3 Å². The van der Waals surface area contributed by atoms with Crippen molar-refractivity contribution in [3.05, 3.63) is 35.4 Å². The van der Waals surface area contributed by atoms with E-state index in [1.165, 1.54) is 0 Å². The van der Waals surface area contributed by atoms with Crippen molar-refractivity contribution in [1.29, 1.82) is 0 Å². The summed E-state index contributed by atoms with van der Waals surface area (Å²) >= 11 is 0. The molecule has 0 aliphatic rings. The van der Waals surface area contributed by atoms with Crippen molar-refractivity contribution in [1.82, 2.24) is 10.2 Å². The van der Waals surface area contributed by atoms with Crippen LogP contribution in [0.5, 0.6) is 0 Å². The highest BCUT2D eigenvalue weighted by Gasteiger charge is 2.30. The van der Waals surface area contributed by atoms with Gasteiger partial charge >= 0.3 is 6.18 Å². The minimum absolute atomic E-state index is 0.0524. The highest BCUT2D eigenvalue weighted by atomic mass is 19.4. The summed E-state index contributed by atoms with van der Waals surface area (Å²) in [5.41, 5.74) is 0.275. The van der Waals surface area contributed by atoms with Gasteiger partial charge in [0, 0.05) is 12.1 Å². The molecule has 21 heavy (non-hydrogen) atoms. The van der Waals surface area contributed by atoms with Crippen LogP contribution in [0.25, 0.3) is 0 Å². The molecule has 0 heterocycles. The largest absolute Gasteiger partial charge is 0.416 e. The quantitative estimate of drug-likeness (QED) is 0.763. The van der Waals surface area contributed by atoms with Crippen molar-refractivity contribution >= 4 is 0 Å². The second-order valence-corrected chi connectivity index (χ2v) is 5.72. The Morgan fingerprint density at radius 2 is 1.67 bits per heavy atom. The molecule has 0 spiro atoms. The molecule has 1 aromatic rings. The molecule has 1 N–H and O–H groups in total. The number of hydrogen-bond acceptors (Lipinski definition) is 2. The molecule has 0 aliphatic heterocycles. The molecule has 0 aromatic heterocycles. The highest BCUT2D eigenvalue weighted by molar-refractivity contribution is 5.26. The second-order valence-electron chi connectivity index (χ2n) is 5.72. The zero-order chi connectivity index (χ0) is 16.0. The normalized spacial score (nSPS) is 14.0. The molecule has 0 fully saturated rings. The third-order valence-electron chi connectivity index (χ3n) is 3.76. The van der Waals surface area contributed by atoms with Crippen molar-refractivity contribution in [3.63, 3.8) is 0 Å². The molecule has 0 saturated carbocycles. The Morgan fingerprint density at radius 1 is 1.10 bits per heavy atom. The SMILES string of the molecule is CC(NCCCN(C)C(C)C)c1ccc(C(F)(F)F)cc1. The fraction of sp³-hybridized carbons (Fsp3) is 0.625. The smallest absolute Gasteiger partial charge is 0.310 e. The van der Waals surface area contributed by atoms with Gasteiger partial charge in [0.25, 0.3) is 0 Å². The summed E-state index contributed by atoms with van der Waals surface area (Å²) in [7, 11) is 2.09. The van der Waals surface area contributed by atoms with E-state index in [-0.39, 0.29) is 6.04 Å². The molecule has 0 saturated heterocycles. The number of alkyl halides is 3. The Bertz CT molecular complexity index is 413. The molecule has 1 rings (SSSR count). The van der Waals surface area contributed by atoms with Crippen LogP contribution in [0, 0.1) is 0 Å². The van der Waals surface area contributed by atoms with E-state index >= 15 is 0 Å². The van der Waals surface area contributed by atoms with Gasteiger partial charge in [0.05, 0.1) is 5.56 Å². The summed E-state index contributed by atoms with van der Waals surface area (Å²) in [5.74, 6) is 0. The van der Waals surface area contributed by atoms with Gasteiger partial charge in [0.2, 0.25) is 0 Å². The average molecular weight is 302 g/mol. The molecule has 1 aromatic carbocycles. The Hall–Kier alpha value is -1.07. The van der Waals surface area contributed by atoms with Gasteiger partial charge in [-0.15, -0.1) is 0 Å². The van der Waals surface area contributed by atoms with Gasteiger partial charge in [-0.25, -0.2) is 0 Å². The average Bonchev–Trinajstić information content (AvgIpc) is 2.42. The van der Waals surface area contributed by atoms with Crippen LogP contribution in [-0.4, -0.2) is 31.1 Å². The van der Waals surface area contributed by atoms with E-state index in [1.807, 2.05) is 6.92 Å². The monoisotopic (exact) mass is 302 g/mol. The summed E-state index contributed by atoms with van der Waals surface area (Å²) in [4.78, 5) is 2.27. The summed E-state index contributed by atoms with van der Waals surface area (Å²) in [6.07, 6.45) is -3.25. The summed E-state index contributed by atoms with van der Waals surface area (Å²) in [5, 5.41) is 3.34. The van der Waals surface area contributed by atoms with Gasteiger partial charge in [0.15, 0.2) is 0 Å². The fourth-order valence-electron chi connectivity index (χ4n) is 1.98. The first kappa shape index (κ1) is 18.0. The van der Waals surface area contributed by atoms with Crippen LogP contribution in [0.15, 0.2) is 24.3 Å². The maximum absolute atomic E-state index is 12.5. The Morgan fingerprint density at radius 3 is 2.14 bits per heavy atom. The molecule has 0 aliphatic carbocycles. The first-order valence-electron chi connectivity index (χ1n) is 7.32. The van der Waals surface area contributed by atoms with Gasteiger partial charge in [-0.1, -0.05) is 12.1 Å². The van der Waals surface area contributed by atoms with Gasteiger partial charge in [-0.3, -0.25) is 0 Å². The molecule has 120 valence electrons. The highest BCUT2D eigenvalue weighted by Crippen LogP contribution is 2.29. The fourth-order valence-corrected chi connectivity index (χ4v) is 1.98. The molecule has 0 radical (unpaired) electrons. The Kier molecular flexibility index (Phi) is 6.68. The lowest BCUT2D eigenvalue weighted by Gasteiger charge is -2.21. The van der Waals surface area contributed by atoms with E-state index in [4.69, 9.17) is 0 Å². The van der Waals surface area contributed by atoms with Gasteiger partial charge in [0.1, 0.15) is 0 Å². The van der Waals surface area contributed by atoms with E-state index in [0.717, 1.165) is 37.2 Å². The first-order valence-corrected chi connectivity index (χ1v) is 7.32. The maximum Gasteiger partial charge on any atom is 0.416 e. The third kappa shape index (κ3) is 6.06. The molecule has 1 atom stereocenters. The lowest BCUT2D eigenvalue weighted by Crippen LogP contribution is -2.30. The summed E-state index contributed by atoms with van der Waals surface area (Å²) < 4.78 is 37.5. The predicted molar refractivity (Wildman–Crippen MR) is 80.2 cm³/mol. The Balaban J connectivity index is 2.40. The van der Waals surface area contributed by atoms with Crippen molar-refractivity contribution in [2.75, 3.05) is 20.1 Å². The third-order valence-corrected chi connectivity index (χ3v) is 3.76. The van der Waals surface area contributed by atoms with Crippen molar-refractivity contribution in [2.24, 2.45) is 0 Å². The zero-order valence-electron chi connectivity index (χ0n) is 13.2. The van der Waals surface area contributed by atoms with E-state index in [2.05, 4.69) is 31.1 Å². The number of rotatable bonds is 7. The molecule has 1 unspecified atom stereocenters. The number of nitrogens with zero attached hydrogens (tertiary/aromatic N) is 1. The van der Waals surface area contributed by atoms with E-state index in [9.17, 15) is 13.2 Å². The number of hydrogen-bond donors (Lipinski definition) is 1. The van der Waals surface area contributed by atoms with Crippen LogP contribution in [0.3, 0.4) is 0 Å².